The van der Waals surface area contributed by atoms with Gasteiger partial charge in [-0.05, 0) is 59.6 Å². The van der Waals surface area contributed by atoms with Gasteiger partial charge in [0.05, 0.1) is 6.61 Å². The van der Waals surface area contributed by atoms with Crippen LogP contribution in [0.15, 0.2) is 43.0 Å². The van der Waals surface area contributed by atoms with Gasteiger partial charge in [-0.2, -0.15) is 0 Å². The molecule has 24 heavy (non-hydrogen) atoms. The molecule has 1 atom stereocenters. The molecule has 2 aromatic carbocycles. The lowest BCUT2D eigenvalue weighted by Gasteiger charge is -2.17. The van der Waals surface area contributed by atoms with Crippen LogP contribution in [0.4, 0.5) is 0 Å². The van der Waals surface area contributed by atoms with Gasteiger partial charge in [0.1, 0.15) is 5.44 Å². The van der Waals surface area contributed by atoms with Gasteiger partial charge in [0.25, 0.3) is 0 Å². The van der Waals surface area contributed by atoms with E-state index in [9.17, 15) is 0 Å². The normalized spacial score (nSPS) is 12.8. The Morgan fingerprint density at radius 1 is 1.29 bits per heavy atom. The zero-order valence-electron chi connectivity index (χ0n) is 15.0. The molecule has 2 heteroatoms. The highest BCUT2D eigenvalue weighted by Crippen LogP contribution is 2.29. The van der Waals surface area contributed by atoms with E-state index >= 15 is 0 Å². The van der Waals surface area contributed by atoms with Crippen LogP contribution in [0, 0.1) is 0 Å². The van der Waals surface area contributed by atoms with E-state index in [0.717, 1.165) is 5.75 Å². The number of hydrogen-bond donors (Lipinski definition) is 0. The predicted octanol–water partition coefficient (Wildman–Crippen LogP) is 6.91. The molecule has 0 bridgehead atoms. The van der Waals surface area contributed by atoms with Crippen molar-refractivity contribution in [3.8, 4) is 0 Å². The Balaban J connectivity index is 2.31. The molecule has 0 spiro atoms. The fourth-order valence-electron chi connectivity index (χ4n) is 2.82. The van der Waals surface area contributed by atoms with Gasteiger partial charge < -0.3 is 4.74 Å². The highest BCUT2D eigenvalue weighted by Gasteiger charge is 2.12. The SMILES string of the molecule is C=Cc1c(/C=C\C)cc2ccccc2c1COC(C)SCCCC. The minimum absolute atomic E-state index is 0.207. The van der Waals surface area contributed by atoms with Crippen LogP contribution in [0.5, 0.6) is 0 Å². The van der Waals surface area contributed by atoms with E-state index in [1.165, 1.54) is 40.3 Å². The average molecular weight is 341 g/mol. The average Bonchev–Trinajstić information content (AvgIpc) is 2.59. The first kappa shape index (κ1) is 18.8. The number of rotatable bonds is 9. The number of unbranched alkanes of at least 4 members (excludes halogenated alkanes) is 1. The number of hydrogen-bond acceptors (Lipinski definition) is 2. The van der Waals surface area contributed by atoms with Gasteiger partial charge in [0.15, 0.2) is 0 Å². The van der Waals surface area contributed by atoms with E-state index in [-0.39, 0.29) is 5.44 Å². The third kappa shape index (κ3) is 4.75. The summed E-state index contributed by atoms with van der Waals surface area (Å²) in [4.78, 5) is 0. The van der Waals surface area contributed by atoms with Crippen molar-refractivity contribution in [1.82, 2.24) is 0 Å². The maximum Gasteiger partial charge on any atom is 0.100 e. The minimum Gasteiger partial charge on any atom is -0.363 e. The largest absolute Gasteiger partial charge is 0.363 e. The molecule has 0 fully saturated rings. The molecule has 0 radical (unpaired) electrons. The standard InChI is InChI=1S/C22H28OS/c1-5-8-14-24-17(4)23-16-22-20(7-3)18(11-6-2)15-19-12-9-10-13-21(19)22/h6-7,9-13,15,17H,3,5,8,14,16H2,1-2,4H3/b11-6-. The number of allylic oxidation sites excluding steroid dienone is 1. The van der Waals surface area contributed by atoms with Crippen molar-refractivity contribution in [2.75, 3.05) is 5.75 Å². The second-order valence-electron chi connectivity index (χ2n) is 5.89. The third-order valence-corrected chi connectivity index (χ3v) is 5.23. The summed E-state index contributed by atoms with van der Waals surface area (Å²) in [7, 11) is 0. The quantitative estimate of drug-likeness (QED) is 0.362. The topological polar surface area (TPSA) is 9.23 Å². The van der Waals surface area contributed by atoms with Crippen LogP contribution in [-0.2, 0) is 11.3 Å². The molecule has 2 aromatic rings. The maximum absolute atomic E-state index is 6.15. The minimum atomic E-state index is 0.207. The number of ether oxygens (including phenoxy) is 1. The molecular weight excluding hydrogens is 312 g/mol. The summed E-state index contributed by atoms with van der Waals surface area (Å²) in [6.07, 6.45) is 8.65. The summed E-state index contributed by atoms with van der Waals surface area (Å²) < 4.78 is 6.15. The first-order valence-electron chi connectivity index (χ1n) is 8.74. The molecule has 0 aromatic heterocycles. The molecule has 0 amide bonds. The van der Waals surface area contributed by atoms with Crippen LogP contribution in [0.2, 0.25) is 0 Å². The van der Waals surface area contributed by atoms with Crippen molar-refractivity contribution in [3.05, 3.63) is 59.7 Å². The van der Waals surface area contributed by atoms with E-state index in [0.29, 0.717) is 6.61 Å². The molecule has 1 unspecified atom stereocenters. The van der Waals surface area contributed by atoms with Crippen molar-refractivity contribution < 1.29 is 4.74 Å². The zero-order chi connectivity index (χ0) is 17.4. The predicted molar refractivity (Wildman–Crippen MR) is 110 cm³/mol. The van der Waals surface area contributed by atoms with Crippen molar-refractivity contribution in [2.45, 2.75) is 45.7 Å². The van der Waals surface area contributed by atoms with E-state index in [1.54, 1.807) is 0 Å². The highest BCUT2D eigenvalue weighted by molar-refractivity contribution is 7.99. The molecule has 0 aliphatic heterocycles. The summed E-state index contributed by atoms with van der Waals surface area (Å²) in [6.45, 7) is 11.1. The van der Waals surface area contributed by atoms with Crippen LogP contribution in [0.25, 0.3) is 22.9 Å². The Morgan fingerprint density at radius 2 is 2.08 bits per heavy atom. The van der Waals surface area contributed by atoms with E-state index in [1.807, 2.05) is 24.8 Å². The fraction of sp³-hybridized carbons (Fsp3) is 0.364. The molecule has 0 aliphatic carbocycles. The van der Waals surface area contributed by atoms with Gasteiger partial charge in [-0.3, -0.25) is 0 Å². The lowest BCUT2D eigenvalue weighted by atomic mass is 9.94. The van der Waals surface area contributed by atoms with E-state index in [4.69, 9.17) is 4.74 Å². The lowest BCUT2D eigenvalue weighted by Crippen LogP contribution is -2.06. The third-order valence-electron chi connectivity index (χ3n) is 4.10. The molecule has 0 N–H and O–H groups in total. The molecular formula is C22H28OS. The molecule has 2 rings (SSSR count). The summed E-state index contributed by atoms with van der Waals surface area (Å²) >= 11 is 1.89. The second kappa shape index (κ2) is 9.71. The summed E-state index contributed by atoms with van der Waals surface area (Å²) in [6, 6.07) is 10.7. The Hall–Kier alpha value is -1.51. The number of thioether (sulfide) groups is 1. The monoisotopic (exact) mass is 340 g/mol. The van der Waals surface area contributed by atoms with Gasteiger partial charge in [-0.15, -0.1) is 11.8 Å². The summed E-state index contributed by atoms with van der Waals surface area (Å²) in [5.74, 6) is 1.16. The Bertz CT molecular complexity index is 702. The first-order chi connectivity index (χ1) is 11.7. The van der Waals surface area contributed by atoms with Crippen molar-refractivity contribution >= 4 is 34.7 Å². The molecule has 0 saturated carbocycles. The van der Waals surface area contributed by atoms with Crippen molar-refractivity contribution in [1.29, 1.82) is 0 Å². The molecule has 0 saturated heterocycles. The van der Waals surface area contributed by atoms with Gasteiger partial charge in [-0.25, -0.2) is 0 Å². The van der Waals surface area contributed by atoms with Gasteiger partial charge >= 0.3 is 0 Å². The maximum atomic E-state index is 6.15. The number of benzene rings is 2. The van der Waals surface area contributed by atoms with E-state index in [2.05, 4.69) is 62.9 Å². The first-order valence-corrected chi connectivity index (χ1v) is 9.79. The highest BCUT2D eigenvalue weighted by atomic mass is 32.2. The number of fused-ring (bicyclic) bond motifs is 1. The van der Waals surface area contributed by atoms with Crippen LogP contribution < -0.4 is 0 Å². The van der Waals surface area contributed by atoms with Crippen LogP contribution in [0.1, 0.15) is 50.3 Å². The Kier molecular flexibility index (Phi) is 7.61. The van der Waals surface area contributed by atoms with Gasteiger partial charge in [0, 0.05) is 0 Å². The van der Waals surface area contributed by atoms with Crippen LogP contribution in [0.3, 0.4) is 0 Å². The smallest absolute Gasteiger partial charge is 0.100 e. The molecule has 1 nitrogen and oxygen atoms in total. The Morgan fingerprint density at radius 3 is 2.79 bits per heavy atom. The van der Waals surface area contributed by atoms with Crippen molar-refractivity contribution in [2.24, 2.45) is 0 Å². The van der Waals surface area contributed by atoms with Crippen LogP contribution >= 0.6 is 11.8 Å². The summed E-state index contributed by atoms with van der Waals surface area (Å²) in [5, 5.41) is 2.51. The second-order valence-corrected chi connectivity index (χ2v) is 7.29. The molecule has 0 heterocycles. The van der Waals surface area contributed by atoms with Gasteiger partial charge in [0.2, 0.25) is 0 Å². The zero-order valence-corrected chi connectivity index (χ0v) is 15.9. The van der Waals surface area contributed by atoms with E-state index < -0.39 is 0 Å². The fourth-order valence-corrected chi connectivity index (χ4v) is 3.77. The molecule has 0 aliphatic rings. The molecule has 128 valence electrons. The summed E-state index contributed by atoms with van der Waals surface area (Å²) in [5.41, 5.74) is 3.83. The Labute approximate surface area is 150 Å². The van der Waals surface area contributed by atoms with Crippen molar-refractivity contribution in [3.63, 3.8) is 0 Å². The van der Waals surface area contributed by atoms with Gasteiger partial charge in [-0.1, -0.05) is 62.4 Å². The lowest BCUT2D eigenvalue weighted by molar-refractivity contribution is 0.111. The van der Waals surface area contributed by atoms with Crippen LogP contribution in [-0.4, -0.2) is 11.2 Å².